The molecule has 1 heterocycles. The fraction of sp³-hybridized carbons (Fsp3) is 0.556. The van der Waals surface area contributed by atoms with Gasteiger partial charge in [-0.3, -0.25) is 0 Å². The van der Waals surface area contributed by atoms with Crippen LogP contribution in [0.4, 0.5) is 5.69 Å². The summed E-state index contributed by atoms with van der Waals surface area (Å²) in [5.41, 5.74) is 6.98. The van der Waals surface area contributed by atoms with Gasteiger partial charge in [-0.05, 0) is 77.4 Å². The molecule has 1 aliphatic heterocycles. The molecule has 0 saturated carbocycles. The predicted octanol–water partition coefficient (Wildman–Crippen LogP) is 4.12. The number of hydrogen-bond acceptors (Lipinski definition) is 2. The van der Waals surface area contributed by atoms with Crippen LogP contribution in [0.2, 0.25) is 0 Å². The molecule has 0 saturated heterocycles. The molecule has 2 rings (SSSR count). The van der Waals surface area contributed by atoms with Crippen molar-refractivity contribution in [3.05, 3.63) is 34.9 Å². The Morgan fingerprint density at radius 2 is 1.85 bits per heavy atom. The van der Waals surface area contributed by atoms with Crippen molar-refractivity contribution in [1.82, 2.24) is 5.32 Å². The van der Waals surface area contributed by atoms with Crippen LogP contribution in [0, 0.1) is 6.92 Å². The van der Waals surface area contributed by atoms with Gasteiger partial charge in [-0.2, -0.15) is 0 Å². The highest BCUT2D eigenvalue weighted by atomic mass is 15.2. The van der Waals surface area contributed by atoms with Crippen LogP contribution < -0.4 is 10.2 Å². The minimum Gasteiger partial charge on any atom is -0.360 e. The first-order valence-corrected chi connectivity index (χ1v) is 7.55. The summed E-state index contributed by atoms with van der Waals surface area (Å²) in [6.07, 6.45) is 2.40. The van der Waals surface area contributed by atoms with E-state index < -0.39 is 0 Å². The minimum atomic E-state index is 0.0716. The smallest absolute Gasteiger partial charge is 0.0537 e. The molecular formula is C18H28N2. The molecule has 2 nitrogen and oxygen atoms in total. The van der Waals surface area contributed by atoms with Crippen molar-refractivity contribution in [1.29, 1.82) is 0 Å². The Kier molecular flexibility index (Phi) is 3.97. The molecule has 0 aromatic heterocycles. The summed E-state index contributed by atoms with van der Waals surface area (Å²) in [5, 5.41) is 3.26. The fourth-order valence-corrected chi connectivity index (χ4v) is 3.56. The van der Waals surface area contributed by atoms with Crippen LogP contribution in [0.5, 0.6) is 0 Å². The van der Waals surface area contributed by atoms with Crippen molar-refractivity contribution in [2.24, 2.45) is 0 Å². The number of anilines is 1. The van der Waals surface area contributed by atoms with Crippen molar-refractivity contribution in [2.75, 3.05) is 11.9 Å². The summed E-state index contributed by atoms with van der Waals surface area (Å²) in [6, 6.07) is 5.21. The molecule has 1 aromatic rings. The first kappa shape index (κ1) is 15.1. The zero-order valence-electron chi connectivity index (χ0n) is 14.0. The van der Waals surface area contributed by atoms with Crippen molar-refractivity contribution in [3.8, 4) is 0 Å². The Morgan fingerprint density at radius 3 is 2.40 bits per heavy atom. The average molecular weight is 272 g/mol. The number of hydrogen-bond donors (Lipinski definition) is 1. The largest absolute Gasteiger partial charge is 0.360 e. The summed E-state index contributed by atoms with van der Waals surface area (Å²) in [5.74, 6) is 0. The Hall–Kier alpha value is -1.28. The van der Waals surface area contributed by atoms with E-state index in [4.69, 9.17) is 0 Å². The lowest BCUT2D eigenvalue weighted by molar-refractivity contribution is 0.507. The molecule has 1 N–H and O–H groups in total. The third-order valence-corrected chi connectivity index (χ3v) is 4.21. The number of fused-ring (bicyclic) bond motifs is 1. The molecule has 2 heteroatoms. The number of rotatable bonds is 3. The number of nitrogens with one attached hydrogen (secondary N) is 1. The number of aryl methyl sites for hydroxylation is 1. The van der Waals surface area contributed by atoms with E-state index >= 15 is 0 Å². The Morgan fingerprint density at radius 1 is 1.20 bits per heavy atom. The Bertz CT molecular complexity index is 539. The van der Waals surface area contributed by atoms with Gasteiger partial charge in [0.25, 0.3) is 0 Å². The SMILES string of the molecule is CNCc1cc2c(cc1C)N(C(C)C)C(C)(C)C=C2C. The second-order valence-electron chi connectivity index (χ2n) is 6.77. The lowest BCUT2D eigenvalue weighted by Crippen LogP contribution is -2.49. The molecule has 0 amide bonds. The number of allylic oxidation sites excluding steroid dienone is 1. The molecule has 0 fully saturated rings. The summed E-state index contributed by atoms with van der Waals surface area (Å²) < 4.78 is 0. The zero-order chi connectivity index (χ0) is 15.1. The van der Waals surface area contributed by atoms with Gasteiger partial charge >= 0.3 is 0 Å². The third-order valence-electron chi connectivity index (χ3n) is 4.21. The maximum atomic E-state index is 3.26. The molecule has 1 aliphatic rings. The maximum Gasteiger partial charge on any atom is 0.0537 e. The molecule has 0 atom stereocenters. The van der Waals surface area contributed by atoms with Gasteiger partial charge in [0.05, 0.1) is 5.54 Å². The third kappa shape index (κ3) is 2.49. The quantitative estimate of drug-likeness (QED) is 0.890. The van der Waals surface area contributed by atoms with Gasteiger partial charge in [-0.25, -0.2) is 0 Å². The van der Waals surface area contributed by atoms with E-state index in [0.717, 1.165) is 6.54 Å². The van der Waals surface area contributed by atoms with Crippen LogP contribution in [0.3, 0.4) is 0 Å². The van der Waals surface area contributed by atoms with E-state index in [0.29, 0.717) is 6.04 Å². The molecule has 1 aromatic carbocycles. The summed E-state index contributed by atoms with van der Waals surface area (Å²) in [4.78, 5) is 2.53. The monoisotopic (exact) mass is 272 g/mol. The van der Waals surface area contributed by atoms with E-state index in [2.05, 4.69) is 70.0 Å². The molecule has 20 heavy (non-hydrogen) atoms. The van der Waals surface area contributed by atoms with Gasteiger partial charge in [0, 0.05) is 23.8 Å². The maximum absolute atomic E-state index is 3.26. The highest BCUT2D eigenvalue weighted by molar-refractivity contribution is 5.82. The molecule has 0 bridgehead atoms. The van der Waals surface area contributed by atoms with Crippen LogP contribution in [-0.4, -0.2) is 18.6 Å². The van der Waals surface area contributed by atoms with Crippen molar-refractivity contribution in [2.45, 2.75) is 59.7 Å². The second-order valence-corrected chi connectivity index (χ2v) is 6.77. The van der Waals surface area contributed by atoms with Crippen molar-refractivity contribution >= 4 is 11.3 Å². The number of benzene rings is 1. The minimum absolute atomic E-state index is 0.0716. The molecular weight excluding hydrogens is 244 g/mol. The van der Waals surface area contributed by atoms with E-state index in [9.17, 15) is 0 Å². The van der Waals surface area contributed by atoms with E-state index in [1.54, 1.807) is 0 Å². The molecule has 110 valence electrons. The van der Waals surface area contributed by atoms with Crippen LogP contribution in [0.25, 0.3) is 5.57 Å². The van der Waals surface area contributed by atoms with Gasteiger partial charge < -0.3 is 10.2 Å². The lowest BCUT2D eigenvalue weighted by Gasteiger charge is -2.46. The van der Waals surface area contributed by atoms with E-state index in [-0.39, 0.29) is 5.54 Å². The standard InChI is InChI=1S/C18H28N2/c1-12(2)20-17-8-13(3)15(11-19-7)9-16(17)14(4)10-18(20,5)6/h8-10,12,19H,11H2,1-7H3. The lowest BCUT2D eigenvalue weighted by atomic mass is 9.86. The highest BCUT2D eigenvalue weighted by Crippen LogP contribution is 2.41. The van der Waals surface area contributed by atoms with Crippen LogP contribution in [0.15, 0.2) is 18.2 Å². The number of nitrogens with zero attached hydrogens (tertiary/aromatic N) is 1. The fourth-order valence-electron chi connectivity index (χ4n) is 3.56. The molecule has 0 spiro atoms. The molecule has 0 aliphatic carbocycles. The second kappa shape index (κ2) is 5.25. The van der Waals surface area contributed by atoms with Gasteiger partial charge in [-0.1, -0.05) is 6.08 Å². The molecule has 0 unspecified atom stereocenters. The van der Waals surface area contributed by atoms with Crippen LogP contribution in [0.1, 0.15) is 51.3 Å². The molecule has 0 radical (unpaired) electrons. The normalized spacial score (nSPS) is 17.2. The summed E-state index contributed by atoms with van der Waals surface area (Å²) >= 11 is 0. The van der Waals surface area contributed by atoms with Gasteiger partial charge in [-0.15, -0.1) is 0 Å². The van der Waals surface area contributed by atoms with E-state index in [1.807, 2.05) is 7.05 Å². The first-order valence-electron chi connectivity index (χ1n) is 7.55. The summed E-state index contributed by atoms with van der Waals surface area (Å²) in [6.45, 7) is 14.5. The van der Waals surface area contributed by atoms with Crippen LogP contribution in [-0.2, 0) is 6.54 Å². The van der Waals surface area contributed by atoms with Gasteiger partial charge in [0.2, 0.25) is 0 Å². The van der Waals surface area contributed by atoms with Crippen molar-refractivity contribution < 1.29 is 0 Å². The van der Waals surface area contributed by atoms with Crippen molar-refractivity contribution in [3.63, 3.8) is 0 Å². The van der Waals surface area contributed by atoms with Gasteiger partial charge in [0.15, 0.2) is 0 Å². The van der Waals surface area contributed by atoms with Gasteiger partial charge in [0.1, 0.15) is 0 Å². The topological polar surface area (TPSA) is 15.3 Å². The van der Waals surface area contributed by atoms with E-state index in [1.165, 1.54) is 28.0 Å². The van der Waals surface area contributed by atoms with Crippen LogP contribution >= 0.6 is 0 Å². The highest BCUT2D eigenvalue weighted by Gasteiger charge is 2.33. The average Bonchev–Trinajstić information content (AvgIpc) is 2.29. The summed E-state index contributed by atoms with van der Waals surface area (Å²) in [7, 11) is 2.01. The zero-order valence-corrected chi connectivity index (χ0v) is 14.0. The Balaban J connectivity index is 2.63. The predicted molar refractivity (Wildman–Crippen MR) is 89.3 cm³/mol. The Labute approximate surface area is 123 Å². The first-order chi connectivity index (χ1) is 9.27.